The van der Waals surface area contributed by atoms with Gasteiger partial charge in [0.1, 0.15) is 5.75 Å². The van der Waals surface area contributed by atoms with E-state index in [1.165, 1.54) is 0 Å². The highest BCUT2D eigenvalue weighted by Crippen LogP contribution is 2.24. The van der Waals surface area contributed by atoms with E-state index in [1.807, 2.05) is 39.1 Å². The number of rotatable bonds is 4. The van der Waals surface area contributed by atoms with Gasteiger partial charge >= 0.3 is 0 Å². The van der Waals surface area contributed by atoms with Crippen molar-refractivity contribution in [2.75, 3.05) is 14.2 Å². The number of amides is 1. The molecule has 0 aromatic heterocycles. The molecule has 0 atom stereocenters. The molecule has 4 heteroatoms. The average Bonchev–Trinajstić information content (AvgIpc) is 2.28. The molecule has 0 radical (unpaired) electrons. The summed E-state index contributed by atoms with van der Waals surface area (Å²) in [6.07, 6.45) is 0. The number of halogens is 1. The number of hydrogen-bond acceptors (Lipinski definition) is 2. The van der Waals surface area contributed by atoms with Crippen molar-refractivity contribution < 1.29 is 9.53 Å². The van der Waals surface area contributed by atoms with Crippen molar-refractivity contribution in [3.8, 4) is 5.75 Å². The molecule has 0 bridgehead atoms. The summed E-state index contributed by atoms with van der Waals surface area (Å²) in [6, 6.07) is 5.79. The van der Waals surface area contributed by atoms with Gasteiger partial charge in [0.25, 0.3) is 0 Å². The van der Waals surface area contributed by atoms with Crippen molar-refractivity contribution in [2.45, 2.75) is 20.4 Å². The van der Waals surface area contributed by atoms with Crippen LogP contribution in [0, 0.1) is 5.92 Å². The van der Waals surface area contributed by atoms with E-state index in [4.69, 9.17) is 4.74 Å². The Balaban J connectivity index is 2.87. The van der Waals surface area contributed by atoms with Gasteiger partial charge in [0.15, 0.2) is 0 Å². The Hall–Kier alpha value is -1.03. The van der Waals surface area contributed by atoms with Gasteiger partial charge in [0.2, 0.25) is 5.91 Å². The predicted molar refractivity (Wildman–Crippen MR) is 72.0 cm³/mol. The molecule has 1 aromatic rings. The van der Waals surface area contributed by atoms with Gasteiger partial charge in [-0.2, -0.15) is 0 Å². The Kier molecular flexibility index (Phi) is 5.00. The van der Waals surface area contributed by atoms with Crippen molar-refractivity contribution in [3.05, 3.63) is 28.2 Å². The summed E-state index contributed by atoms with van der Waals surface area (Å²) in [7, 11) is 3.44. The second-order valence-electron chi connectivity index (χ2n) is 4.31. The van der Waals surface area contributed by atoms with Gasteiger partial charge in [-0.25, -0.2) is 0 Å². The minimum atomic E-state index is 0.0122. The van der Waals surface area contributed by atoms with Crippen LogP contribution in [-0.4, -0.2) is 25.0 Å². The molecule has 0 saturated heterocycles. The highest BCUT2D eigenvalue weighted by Gasteiger charge is 2.15. The Morgan fingerprint density at radius 3 is 2.65 bits per heavy atom. The Labute approximate surface area is 111 Å². The number of carbonyl (C=O) groups excluding carboxylic acids is 1. The van der Waals surface area contributed by atoms with E-state index < -0.39 is 0 Å². The Morgan fingerprint density at radius 1 is 1.47 bits per heavy atom. The van der Waals surface area contributed by atoms with E-state index in [1.54, 1.807) is 12.0 Å². The molecule has 3 nitrogen and oxygen atoms in total. The largest absolute Gasteiger partial charge is 0.496 e. The molecular weight excluding hydrogens is 282 g/mol. The van der Waals surface area contributed by atoms with Crippen LogP contribution in [-0.2, 0) is 11.3 Å². The van der Waals surface area contributed by atoms with Crippen LogP contribution in [0.4, 0.5) is 0 Å². The number of ether oxygens (including phenoxy) is 1. The van der Waals surface area contributed by atoms with Crippen LogP contribution in [0.2, 0.25) is 0 Å². The normalized spacial score (nSPS) is 10.5. The van der Waals surface area contributed by atoms with Crippen molar-refractivity contribution in [3.63, 3.8) is 0 Å². The van der Waals surface area contributed by atoms with Gasteiger partial charge in [-0.3, -0.25) is 4.79 Å². The van der Waals surface area contributed by atoms with Crippen LogP contribution in [0.5, 0.6) is 5.75 Å². The van der Waals surface area contributed by atoms with Crippen molar-refractivity contribution in [2.24, 2.45) is 5.92 Å². The van der Waals surface area contributed by atoms with Gasteiger partial charge in [0, 0.05) is 29.5 Å². The van der Waals surface area contributed by atoms with E-state index in [-0.39, 0.29) is 11.8 Å². The lowest BCUT2D eigenvalue weighted by molar-refractivity contribution is -0.133. The summed E-state index contributed by atoms with van der Waals surface area (Å²) >= 11 is 3.42. The van der Waals surface area contributed by atoms with Gasteiger partial charge in [0.05, 0.1) is 7.11 Å². The lowest BCUT2D eigenvalue weighted by Crippen LogP contribution is -2.30. The smallest absolute Gasteiger partial charge is 0.225 e. The fourth-order valence-corrected chi connectivity index (χ4v) is 2.05. The van der Waals surface area contributed by atoms with Crippen molar-refractivity contribution in [1.82, 2.24) is 4.90 Å². The molecule has 1 amide bonds. The molecule has 94 valence electrons. The summed E-state index contributed by atoms with van der Waals surface area (Å²) in [6.45, 7) is 4.35. The van der Waals surface area contributed by atoms with Gasteiger partial charge in [-0.1, -0.05) is 29.8 Å². The Bertz CT molecular complexity index is 404. The fraction of sp³-hybridized carbons (Fsp3) is 0.462. The molecular formula is C13H18BrNO2. The van der Waals surface area contributed by atoms with Crippen LogP contribution in [0.3, 0.4) is 0 Å². The van der Waals surface area contributed by atoms with E-state index in [9.17, 15) is 4.79 Å². The van der Waals surface area contributed by atoms with Crippen molar-refractivity contribution in [1.29, 1.82) is 0 Å². The molecule has 0 heterocycles. The number of methoxy groups -OCH3 is 1. The summed E-state index contributed by atoms with van der Waals surface area (Å²) in [5.74, 6) is 0.946. The molecule has 0 unspecified atom stereocenters. The molecule has 0 saturated carbocycles. The lowest BCUT2D eigenvalue weighted by atomic mass is 10.1. The molecule has 17 heavy (non-hydrogen) atoms. The van der Waals surface area contributed by atoms with Gasteiger partial charge < -0.3 is 9.64 Å². The second-order valence-corrected chi connectivity index (χ2v) is 5.22. The quantitative estimate of drug-likeness (QED) is 0.855. The lowest BCUT2D eigenvalue weighted by Gasteiger charge is -2.20. The number of hydrogen-bond donors (Lipinski definition) is 0. The zero-order valence-electron chi connectivity index (χ0n) is 10.7. The predicted octanol–water partition coefficient (Wildman–Crippen LogP) is 3.07. The molecule has 0 aliphatic rings. The Morgan fingerprint density at radius 2 is 2.12 bits per heavy atom. The molecule has 0 spiro atoms. The molecule has 1 aromatic carbocycles. The summed E-state index contributed by atoms with van der Waals surface area (Å²) < 4.78 is 6.27. The van der Waals surface area contributed by atoms with Crippen LogP contribution in [0.15, 0.2) is 22.7 Å². The summed E-state index contributed by atoms with van der Waals surface area (Å²) in [4.78, 5) is 13.5. The first-order chi connectivity index (χ1) is 7.95. The van der Waals surface area contributed by atoms with Crippen LogP contribution in [0.1, 0.15) is 19.4 Å². The van der Waals surface area contributed by atoms with Gasteiger partial charge in [-0.15, -0.1) is 0 Å². The van der Waals surface area contributed by atoms with Crippen molar-refractivity contribution >= 4 is 21.8 Å². The first-order valence-electron chi connectivity index (χ1n) is 5.53. The highest BCUT2D eigenvalue weighted by molar-refractivity contribution is 9.10. The topological polar surface area (TPSA) is 29.5 Å². The van der Waals surface area contributed by atoms with Crippen LogP contribution < -0.4 is 4.74 Å². The summed E-state index contributed by atoms with van der Waals surface area (Å²) in [5, 5.41) is 0. The maximum Gasteiger partial charge on any atom is 0.225 e. The third-order valence-corrected chi connectivity index (χ3v) is 3.01. The first kappa shape index (κ1) is 14.0. The minimum absolute atomic E-state index is 0.0122. The van der Waals surface area contributed by atoms with E-state index in [0.717, 1.165) is 15.8 Å². The third kappa shape index (κ3) is 3.73. The van der Waals surface area contributed by atoms with E-state index >= 15 is 0 Å². The molecule has 0 aliphatic heterocycles. The maximum atomic E-state index is 11.8. The molecule has 0 aliphatic carbocycles. The summed E-state index contributed by atoms with van der Waals surface area (Å²) in [5.41, 5.74) is 0.998. The first-order valence-corrected chi connectivity index (χ1v) is 6.32. The SMILES string of the molecule is COc1ccc(Br)cc1CN(C)C(=O)C(C)C. The number of benzene rings is 1. The third-order valence-electron chi connectivity index (χ3n) is 2.52. The number of nitrogens with zero attached hydrogens (tertiary/aromatic N) is 1. The van der Waals surface area contributed by atoms with E-state index in [2.05, 4.69) is 15.9 Å². The molecule has 0 N–H and O–H groups in total. The standard InChI is InChI=1S/C13H18BrNO2/c1-9(2)13(16)15(3)8-10-7-11(14)5-6-12(10)17-4/h5-7,9H,8H2,1-4H3. The van der Waals surface area contributed by atoms with Crippen LogP contribution in [0.25, 0.3) is 0 Å². The van der Waals surface area contributed by atoms with E-state index in [0.29, 0.717) is 6.54 Å². The minimum Gasteiger partial charge on any atom is -0.496 e. The average molecular weight is 300 g/mol. The van der Waals surface area contributed by atoms with Crippen LogP contribution >= 0.6 is 15.9 Å². The van der Waals surface area contributed by atoms with Gasteiger partial charge in [-0.05, 0) is 18.2 Å². The maximum absolute atomic E-state index is 11.8. The highest BCUT2D eigenvalue weighted by atomic mass is 79.9. The monoisotopic (exact) mass is 299 g/mol. The zero-order chi connectivity index (χ0) is 13.0. The molecule has 1 rings (SSSR count). The fourth-order valence-electron chi connectivity index (χ4n) is 1.64. The molecule has 0 fully saturated rings. The number of carbonyl (C=O) groups is 1. The zero-order valence-corrected chi connectivity index (χ0v) is 12.2. The second kappa shape index (κ2) is 6.05.